The van der Waals surface area contributed by atoms with Crippen LogP contribution in [0.2, 0.25) is 0 Å². The SMILES string of the molecule is CCC(CCCC(C)C(C)(C)CC)c1ccc2c(c1)C(=O)c1ccc(C(C)(CC)CCCC(C)C(C)(C)CN)cc1C2=O. The molecule has 2 N–H and O–H groups in total. The lowest BCUT2D eigenvalue weighted by molar-refractivity contribution is 0.0978. The Hall–Kier alpha value is -2.26. The van der Waals surface area contributed by atoms with Gasteiger partial charge in [-0.1, -0.05) is 120 Å². The van der Waals surface area contributed by atoms with Crippen LogP contribution in [0.25, 0.3) is 0 Å². The fourth-order valence-electron chi connectivity index (χ4n) is 6.73. The summed E-state index contributed by atoms with van der Waals surface area (Å²) in [5.41, 5.74) is 11.1. The van der Waals surface area contributed by atoms with Gasteiger partial charge < -0.3 is 5.73 Å². The molecule has 0 fully saturated rings. The molecule has 2 aromatic carbocycles. The first-order valence-electron chi connectivity index (χ1n) is 17.2. The Morgan fingerprint density at radius 2 is 1.23 bits per heavy atom. The smallest absolute Gasteiger partial charge is 0.194 e. The molecule has 0 saturated carbocycles. The molecule has 3 nitrogen and oxygen atoms in total. The minimum absolute atomic E-state index is 0.0118. The van der Waals surface area contributed by atoms with Crippen molar-refractivity contribution in [1.29, 1.82) is 0 Å². The van der Waals surface area contributed by atoms with Crippen LogP contribution in [0, 0.1) is 22.7 Å². The van der Waals surface area contributed by atoms with Crippen molar-refractivity contribution in [3.8, 4) is 0 Å². The number of hydrogen-bond acceptors (Lipinski definition) is 3. The van der Waals surface area contributed by atoms with E-state index in [1.165, 1.54) is 24.8 Å². The van der Waals surface area contributed by atoms with Gasteiger partial charge in [-0.05, 0) is 95.6 Å². The zero-order chi connectivity index (χ0) is 32.2. The van der Waals surface area contributed by atoms with E-state index in [0.717, 1.165) is 44.1 Å². The molecule has 0 bridgehead atoms. The lowest BCUT2D eigenvalue weighted by Gasteiger charge is -2.33. The highest BCUT2D eigenvalue weighted by Gasteiger charge is 2.34. The van der Waals surface area contributed by atoms with Gasteiger partial charge in [-0.15, -0.1) is 0 Å². The Morgan fingerprint density at radius 1 is 0.674 bits per heavy atom. The van der Waals surface area contributed by atoms with Crippen LogP contribution in [0.4, 0.5) is 0 Å². The molecule has 238 valence electrons. The van der Waals surface area contributed by atoms with Gasteiger partial charge in [0.25, 0.3) is 0 Å². The quantitative estimate of drug-likeness (QED) is 0.181. The summed E-state index contributed by atoms with van der Waals surface area (Å²) in [6.07, 6.45) is 10.0. The summed E-state index contributed by atoms with van der Waals surface area (Å²) in [5, 5.41) is 0. The summed E-state index contributed by atoms with van der Waals surface area (Å²) in [5.74, 6) is 1.60. The van der Waals surface area contributed by atoms with Crippen LogP contribution in [-0.2, 0) is 5.41 Å². The molecule has 0 aliphatic heterocycles. The second-order valence-corrected chi connectivity index (χ2v) is 15.4. The van der Waals surface area contributed by atoms with Crippen molar-refractivity contribution >= 4 is 11.6 Å². The molecule has 0 saturated heterocycles. The van der Waals surface area contributed by atoms with Gasteiger partial charge >= 0.3 is 0 Å². The molecule has 0 radical (unpaired) electrons. The van der Waals surface area contributed by atoms with E-state index in [1.807, 2.05) is 24.3 Å². The topological polar surface area (TPSA) is 60.2 Å². The molecular weight excluding hydrogens is 526 g/mol. The van der Waals surface area contributed by atoms with Gasteiger partial charge in [0, 0.05) is 22.3 Å². The van der Waals surface area contributed by atoms with E-state index in [1.54, 1.807) is 0 Å². The Morgan fingerprint density at radius 3 is 1.79 bits per heavy atom. The van der Waals surface area contributed by atoms with Crippen molar-refractivity contribution in [3.63, 3.8) is 0 Å². The van der Waals surface area contributed by atoms with E-state index >= 15 is 0 Å². The first-order chi connectivity index (χ1) is 20.2. The zero-order valence-corrected chi connectivity index (χ0v) is 29.2. The van der Waals surface area contributed by atoms with E-state index < -0.39 is 0 Å². The predicted octanol–water partition coefficient (Wildman–Crippen LogP) is 10.7. The molecule has 4 unspecified atom stereocenters. The van der Waals surface area contributed by atoms with Crippen LogP contribution < -0.4 is 5.73 Å². The summed E-state index contributed by atoms with van der Waals surface area (Å²) in [7, 11) is 0. The molecule has 4 atom stereocenters. The van der Waals surface area contributed by atoms with Crippen LogP contribution in [-0.4, -0.2) is 18.1 Å². The molecule has 0 aromatic heterocycles. The van der Waals surface area contributed by atoms with Gasteiger partial charge in [0.1, 0.15) is 0 Å². The monoisotopic (exact) mass is 587 g/mol. The minimum Gasteiger partial charge on any atom is -0.330 e. The van der Waals surface area contributed by atoms with Crippen molar-refractivity contribution in [3.05, 3.63) is 69.8 Å². The average molecular weight is 588 g/mol. The van der Waals surface area contributed by atoms with E-state index in [-0.39, 0.29) is 22.4 Å². The number of benzene rings is 2. The first kappa shape index (κ1) is 35.2. The van der Waals surface area contributed by atoms with Gasteiger partial charge in [0.2, 0.25) is 0 Å². The summed E-state index contributed by atoms with van der Waals surface area (Å²) < 4.78 is 0. The molecule has 3 heteroatoms. The number of nitrogens with two attached hydrogens (primary N) is 1. The van der Waals surface area contributed by atoms with E-state index in [4.69, 9.17) is 5.73 Å². The molecule has 0 spiro atoms. The third-order valence-electron chi connectivity index (χ3n) is 12.1. The van der Waals surface area contributed by atoms with Crippen LogP contribution >= 0.6 is 0 Å². The highest BCUT2D eigenvalue weighted by Crippen LogP contribution is 2.40. The number of hydrogen-bond donors (Lipinski definition) is 1. The maximum Gasteiger partial charge on any atom is 0.194 e. The van der Waals surface area contributed by atoms with Crippen LogP contribution in [0.15, 0.2) is 36.4 Å². The molecule has 3 rings (SSSR count). The Balaban J connectivity index is 1.79. The Kier molecular flexibility index (Phi) is 11.7. The normalized spacial score (nSPS) is 17.2. The lowest BCUT2D eigenvalue weighted by Crippen LogP contribution is -2.31. The number of rotatable bonds is 16. The predicted molar refractivity (Wildman–Crippen MR) is 183 cm³/mol. The van der Waals surface area contributed by atoms with Crippen molar-refractivity contribution in [2.24, 2.45) is 28.4 Å². The van der Waals surface area contributed by atoms with Crippen molar-refractivity contribution in [2.45, 2.75) is 138 Å². The van der Waals surface area contributed by atoms with Crippen LogP contribution in [0.1, 0.15) is 176 Å². The summed E-state index contributed by atoms with van der Waals surface area (Å²) in [6.45, 7) is 23.7. The number of fused-ring (bicyclic) bond motifs is 2. The molecule has 43 heavy (non-hydrogen) atoms. The third-order valence-corrected chi connectivity index (χ3v) is 12.1. The van der Waals surface area contributed by atoms with Gasteiger partial charge in [-0.3, -0.25) is 9.59 Å². The highest BCUT2D eigenvalue weighted by atomic mass is 16.1. The second-order valence-electron chi connectivity index (χ2n) is 15.4. The van der Waals surface area contributed by atoms with Crippen molar-refractivity contribution in [1.82, 2.24) is 0 Å². The lowest BCUT2D eigenvalue weighted by atomic mass is 9.71. The fraction of sp³-hybridized carbons (Fsp3) is 0.650. The Bertz CT molecular complexity index is 1270. The van der Waals surface area contributed by atoms with Crippen molar-refractivity contribution < 1.29 is 9.59 Å². The van der Waals surface area contributed by atoms with Gasteiger partial charge in [0.15, 0.2) is 11.6 Å². The summed E-state index contributed by atoms with van der Waals surface area (Å²) >= 11 is 0. The van der Waals surface area contributed by atoms with Gasteiger partial charge in [-0.25, -0.2) is 0 Å². The standard InChI is InChI=1S/C40H61NO2/c1-11-29(18-14-16-27(4)38(6,7)12-2)30-19-21-32-34(24-30)36(42)33-22-20-31(25-35(33)37(32)43)40(10,13-3)23-15-17-28(5)39(8,9)26-41/h19-22,24-25,27-29H,11-18,23,26,41H2,1-10H3. The first-order valence-corrected chi connectivity index (χ1v) is 17.2. The average Bonchev–Trinajstić information content (AvgIpc) is 3.00. The number of carbonyl (C=O) groups excluding carboxylic acids is 2. The van der Waals surface area contributed by atoms with Crippen LogP contribution in [0.5, 0.6) is 0 Å². The van der Waals surface area contributed by atoms with Crippen LogP contribution in [0.3, 0.4) is 0 Å². The maximum atomic E-state index is 13.8. The largest absolute Gasteiger partial charge is 0.330 e. The third kappa shape index (κ3) is 7.70. The molecular formula is C40H61NO2. The van der Waals surface area contributed by atoms with Gasteiger partial charge in [-0.2, -0.15) is 0 Å². The molecule has 1 aliphatic rings. The molecule has 0 heterocycles. The number of carbonyl (C=O) groups is 2. The molecule has 1 aliphatic carbocycles. The van der Waals surface area contributed by atoms with E-state index in [2.05, 4.69) is 81.4 Å². The zero-order valence-electron chi connectivity index (χ0n) is 29.2. The highest BCUT2D eigenvalue weighted by molar-refractivity contribution is 6.28. The summed E-state index contributed by atoms with van der Waals surface area (Å²) in [6, 6.07) is 12.1. The summed E-state index contributed by atoms with van der Waals surface area (Å²) in [4.78, 5) is 27.6. The maximum absolute atomic E-state index is 13.8. The van der Waals surface area contributed by atoms with E-state index in [9.17, 15) is 9.59 Å². The van der Waals surface area contributed by atoms with Crippen molar-refractivity contribution in [2.75, 3.05) is 6.54 Å². The molecule has 2 aromatic rings. The fourth-order valence-corrected chi connectivity index (χ4v) is 6.73. The molecule has 0 amide bonds. The minimum atomic E-state index is -0.0484. The Labute approximate surface area is 263 Å². The van der Waals surface area contributed by atoms with Gasteiger partial charge in [0.05, 0.1) is 0 Å². The van der Waals surface area contributed by atoms with E-state index in [0.29, 0.717) is 52.0 Å². The second kappa shape index (κ2) is 14.2. The number of ketones is 2.